The van der Waals surface area contributed by atoms with E-state index in [9.17, 15) is 14.7 Å². The van der Waals surface area contributed by atoms with Crippen molar-refractivity contribution in [3.63, 3.8) is 0 Å². The number of hydrogen-bond acceptors (Lipinski definition) is 6. The Hall–Kier alpha value is -1.14. The SMILES string of the molecule is COC(=O)CCC[C@@H](C)[C@H]1CC[C@H]2[C@@H]3CC(OC)C4(O)C[C@@H](OC(C)=O)CC[C@]4(C)[C@H]3CC[C@]12C. The fourth-order valence-electron chi connectivity index (χ4n) is 9.69. The molecule has 0 aliphatic heterocycles. The van der Waals surface area contributed by atoms with Crippen LogP contribution in [0.15, 0.2) is 0 Å². The van der Waals surface area contributed by atoms with Crippen LogP contribution in [-0.2, 0) is 23.8 Å². The Balaban J connectivity index is 1.52. The van der Waals surface area contributed by atoms with E-state index in [1.165, 1.54) is 33.3 Å². The van der Waals surface area contributed by atoms with Crippen molar-refractivity contribution in [1.29, 1.82) is 0 Å². The van der Waals surface area contributed by atoms with Crippen LogP contribution in [0.4, 0.5) is 0 Å². The lowest BCUT2D eigenvalue weighted by Gasteiger charge is -2.66. The summed E-state index contributed by atoms with van der Waals surface area (Å²) in [6.07, 6.45) is 9.97. The van der Waals surface area contributed by atoms with Gasteiger partial charge in [-0.3, -0.25) is 9.59 Å². The molecule has 200 valence electrons. The van der Waals surface area contributed by atoms with E-state index in [2.05, 4.69) is 20.8 Å². The maximum Gasteiger partial charge on any atom is 0.305 e. The Bertz CT molecular complexity index is 798. The van der Waals surface area contributed by atoms with Crippen molar-refractivity contribution < 1.29 is 28.9 Å². The Labute approximate surface area is 211 Å². The minimum atomic E-state index is -0.964. The summed E-state index contributed by atoms with van der Waals surface area (Å²) in [7, 11) is 3.20. The van der Waals surface area contributed by atoms with Crippen LogP contribution in [0.1, 0.15) is 98.3 Å². The zero-order valence-corrected chi connectivity index (χ0v) is 22.8. The normalized spacial score (nSPS) is 45.6. The largest absolute Gasteiger partial charge is 0.469 e. The Morgan fingerprint density at radius 3 is 2.46 bits per heavy atom. The smallest absolute Gasteiger partial charge is 0.305 e. The molecule has 1 N–H and O–H groups in total. The fraction of sp³-hybridized carbons (Fsp3) is 0.931. The van der Waals surface area contributed by atoms with Gasteiger partial charge in [0.25, 0.3) is 0 Å². The van der Waals surface area contributed by atoms with Gasteiger partial charge < -0.3 is 19.3 Å². The molecule has 4 aliphatic carbocycles. The summed E-state index contributed by atoms with van der Waals surface area (Å²) in [4.78, 5) is 23.2. The Morgan fingerprint density at radius 2 is 1.80 bits per heavy atom. The highest BCUT2D eigenvalue weighted by Gasteiger charge is 2.68. The van der Waals surface area contributed by atoms with Gasteiger partial charge in [-0.2, -0.15) is 0 Å². The van der Waals surface area contributed by atoms with Crippen LogP contribution >= 0.6 is 0 Å². The van der Waals surface area contributed by atoms with Crippen molar-refractivity contribution in [2.45, 2.75) is 116 Å². The number of fused-ring (bicyclic) bond motifs is 5. The first-order valence-corrected chi connectivity index (χ1v) is 14.0. The number of ether oxygens (including phenoxy) is 3. The summed E-state index contributed by atoms with van der Waals surface area (Å²) in [6, 6.07) is 0. The summed E-state index contributed by atoms with van der Waals surface area (Å²) in [5.74, 6) is 2.59. The zero-order chi connectivity index (χ0) is 25.6. The number of carbonyl (C=O) groups excluding carboxylic acids is 2. The highest BCUT2D eigenvalue weighted by molar-refractivity contribution is 5.69. The van der Waals surface area contributed by atoms with Gasteiger partial charge in [-0.05, 0) is 92.8 Å². The third-order valence-electron chi connectivity index (χ3n) is 11.4. The second-order valence-electron chi connectivity index (χ2n) is 12.8. The van der Waals surface area contributed by atoms with Gasteiger partial charge >= 0.3 is 11.9 Å². The summed E-state index contributed by atoms with van der Waals surface area (Å²) in [5.41, 5.74) is -0.877. The molecule has 6 heteroatoms. The van der Waals surface area contributed by atoms with Gasteiger partial charge in [0.1, 0.15) is 6.10 Å². The topological polar surface area (TPSA) is 82.1 Å². The van der Waals surface area contributed by atoms with Crippen molar-refractivity contribution >= 4 is 11.9 Å². The number of hydrogen-bond donors (Lipinski definition) is 1. The highest BCUT2D eigenvalue weighted by Crippen LogP contribution is 2.69. The van der Waals surface area contributed by atoms with Crippen LogP contribution in [0.5, 0.6) is 0 Å². The van der Waals surface area contributed by atoms with E-state index in [0.29, 0.717) is 47.8 Å². The van der Waals surface area contributed by atoms with Crippen molar-refractivity contribution in [2.75, 3.05) is 14.2 Å². The van der Waals surface area contributed by atoms with E-state index in [4.69, 9.17) is 14.2 Å². The molecule has 0 aromatic heterocycles. The standard InChI is InChI=1S/C29H48O6/c1-18(8-7-9-26(31)34-6)22-10-11-23-21-16-25(33-5)29(32)17-20(35-19(2)30)12-15-28(29,4)24(21)13-14-27(22,23)3/h18,20-25,32H,7-17H2,1-6H3/t18-,20+,21+,22-,23+,24+,25?,27-,28-,29?/m1/s1. The van der Waals surface area contributed by atoms with Gasteiger partial charge in [0.05, 0.1) is 18.8 Å². The van der Waals surface area contributed by atoms with Crippen molar-refractivity contribution in [2.24, 2.45) is 40.4 Å². The lowest BCUT2D eigenvalue weighted by Crippen LogP contribution is -2.69. The molecular weight excluding hydrogens is 444 g/mol. The van der Waals surface area contributed by atoms with Crippen LogP contribution in [0.2, 0.25) is 0 Å². The van der Waals surface area contributed by atoms with E-state index < -0.39 is 5.60 Å². The molecule has 4 aliphatic rings. The number of carbonyl (C=O) groups is 2. The first kappa shape index (κ1) is 26.9. The highest BCUT2D eigenvalue weighted by atomic mass is 16.5. The second kappa shape index (κ2) is 9.96. The maximum absolute atomic E-state index is 12.2. The van der Waals surface area contributed by atoms with E-state index in [0.717, 1.165) is 38.5 Å². The Kier molecular flexibility index (Phi) is 7.66. The quantitative estimate of drug-likeness (QED) is 0.486. The molecule has 0 bridgehead atoms. The molecule has 4 saturated carbocycles. The van der Waals surface area contributed by atoms with Crippen LogP contribution in [0, 0.1) is 40.4 Å². The molecule has 0 amide bonds. The van der Waals surface area contributed by atoms with Crippen molar-refractivity contribution in [3.05, 3.63) is 0 Å². The van der Waals surface area contributed by atoms with Crippen LogP contribution in [-0.4, -0.2) is 49.1 Å². The van der Waals surface area contributed by atoms with Gasteiger partial charge in [-0.25, -0.2) is 0 Å². The van der Waals surface area contributed by atoms with E-state index in [1.54, 1.807) is 7.11 Å². The molecular formula is C29H48O6. The maximum atomic E-state index is 12.2. The van der Waals surface area contributed by atoms with Crippen LogP contribution in [0.3, 0.4) is 0 Å². The molecule has 2 unspecified atom stereocenters. The molecule has 0 aromatic carbocycles. The van der Waals surface area contributed by atoms with Gasteiger partial charge in [-0.15, -0.1) is 0 Å². The van der Waals surface area contributed by atoms with Crippen molar-refractivity contribution in [1.82, 2.24) is 0 Å². The van der Waals surface area contributed by atoms with Crippen LogP contribution in [0.25, 0.3) is 0 Å². The molecule has 0 spiro atoms. The summed E-state index contributed by atoms with van der Waals surface area (Å²) >= 11 is 0. The molecule has 4 rings (SSSR count). The molecule has 6 nitrogen and oxygen atoms in total. The van der Waals surface area contributed by atoms with Gasteiger partial charge in [0, 0.05) is 32.3 Å². The predicted octanol–water partition coefficient (Wildman–Crippen LogP) is 5.30. The number of aliphatic hydroxyl groups is 1. The minimum absolute atomic E-state index is 0.106. The third kappa shape index (κ3) is 4.45. The Morgan fingerprint density at radius 1 is 1.06 bits per heavy atom. The van der Waals surface area contributed by atoms with E-state index in [-0.39, 0.29) is 29.6 Å². The second-order valence-corrected chi connectivity index (χ2v) is 12.8. The van der Waals surface area contributed by atoms with Gasteiger partial charge in [0.15, 0.2) is 0 Å². The first-order valence-electron chi connectivity index (χ1n) is 14.0. The van der Waals surface area contributed by atoms with E-state index >= 15 is 0 Å². The fourth-order valence-corrected chi connectivity index (χ4v) is 9.69. The molecule has 35 heavy (non-hydrogen) atoms. The molecule has 0 saturated heterocycles. The first-order chi connectivity index (χ1) is 16.5. The van der Waals surface area contributed by atoms with Crippen molar-refractivity contribution in [3.8, 4) is 0 Å². The summed E-state index contributed by atoms with van der Waals surface area (Å²) < 4.78 is 16.4. The summed E-state index contributed by atoms with van der Waals surface area (Å²) in [6.45, 7) is 8.67. The van der Waals surface area contributed by atoms with E-state index in [1.807, 2.05) is 0 Å². The number of methoxy groups -OCH3 is 2. The monoisotopic (exact) mass is 492 g/mol. The predicted molar refractivity (Wildman–Crippen MR) is 133 cm³/mol. The molecule has 0 aromatic rings. The molecule has 4 fully saturated rings. The van der Waals surface area contributed by atoms with Gasteiger partial charge in [0.2, 0.25) is 0 Å². The average Bonchev–Trinajstić information content (AvgIpc) is 3.16. The number of esters is 2. The number of rotatable bonds is 7. The molecule has 0 heterocycles. The van der Waals surface area contributed by atoms with Gasteiger partial charge in [-0.1, -0.05) is 20.8 Å². The third-order valence-corrected chi connectivity index (χ3v) is 11.4. The minimum Gasteiger partial charge on any atom is -0.469 e. The van der Waals surface area contributed by atoms with Crippen LogP contribution < -0.4 is 0 Å². The summed E-state index contributed by atoms with van der Waals surface area (Å²) in [5, 5.41) is 12.2. The lowest BCUT2D eigenvalue weighted by molar-refractivity contribution is -0.271. The molecule has 0 radical (unpaired) electrons. The zero-order valence-electron chi connectivity index (χ0n) is 22.8. The lowest BCUT2D eigenvalue weighted by atomic mass is 9.42. The molecule has 10 atom stereocenters. The average molecular weight is 493 g/mol.